The third-order valence-electron chi connectivity index (χ3n) is 1.80. The van der Waals surface area contributed by atoms with Gasteiger partial charge in [-0.25, -0.2) is 4.98 Å². The zero-order chi connectivity index (χ0) is 13.1. The molecule has 0 aliphatic rings. The van der Waals surface area contributed by atoms with Crippen LogP contribution in [0.25, 0.3) is 0 Å². The van der Waals surface area contributed by atoms with Crippen molar-refractivity contribution in [2.24, 2.45) is 0 Å². The minimum absolute atomic E-state index is 0.0343. The summed E-state index contributed by atoms with van der Waals surface area (Å²) in [5.74, 6) is -1.79. The molecule has 92 valence electrons. The van der Waals surface area contributed by atoms with Crippen molar-refractivity contribution in [2.75, 3.05) is 11.1 Å². The van der Waals surface area contributed by atoms with Crippen molar-refractivity contribution >= 4 is 17.3 Å². The predicted octanol–water partition coefficient (Wildman–Crippen LogP) is 2.11. The Morgan fingerprint density at radius 3 is 2.71 bits per heavy atom. The van der Waals surface area contributed by atoms with E-state index >= 15 is 0 Å². The smallest absolute Gasteiger partial charge is 0.382 e. The van der Waals surface area contributed by atoms with E-state index < -0.39 is 12.0 Å². The molecule has 0 saturated carbocycles. The molecule has 0 unspecified atom stereocenters. The van der Waals surface area contributed by atoms with Crippen LogP contribution >= 0.6 is 0 Å². The normalized spacial score (nSPS) is 12.4. The summed E-state index contributed by atoms with van der Waals surface area (Å²) < 4.78 is 35.9. The number of allylic oxidation sites excluding steroid dienone is 2. The van der Waals surface area contributed by atoms with Crippen LogP contribution in [0.4, 0.5) is 24.7 Å². The molecule has 0 aromatic carbocycles. The molecule has 1 aromatic heterocycles. The lowest BCUT2D eigenvalue weighted by atomic mass is 10.3. The summed E-state index contributed by atoms with van der Waals surface area (Å²) in [5, 5.41) is 2.57. The highest BCUT2D eigenvalue weighted by Crippen LogP contribution is 2.19. The van der Waals surface area contributed by atoms with Gasteiger partial charge in [0.1, 0.15) is 5.82 Å². The van der Waals surface area contributed by atoms with Crippen LogP contribution in [-0.4, -0.2) is 16.9 Å². The van der Waals surface area contributed by atoms with E-state index in [0.717, 1.165) is 0 Å². The SMILES string of the molecule is C/C(=C\C(=O)C(F)(F)F)Nc1cccnc1N. The molecule has 0 saturated heterocycles. The third kappa shape index (κ3) is 3.78. The lowest BCUT2D eigenvalue weighted by Gasteiger charge is -2.08. The van der Waals surface area contributed by atoms with Crippen molar-refractivity contribution in [3.8, 4) is 0 Å². The van der Waals surface area contributed by atoms with Gasteiger partial charge in [0.2, 0.25) is 0 Å². The van der Waals surface area contributed by atoms with Gasteiger partial charge in [-0.1, -0.05) is 0 Å². The molecule has 0 fully saturated rings. The van der Waals surface area contributed by atoms with Crippen LogP contribution in [-0.2, 0) is 4.79 Å². The number of aromatic nitrogens is 1. The van der Waals surface area contributed by atoms with Crippen LogP contribution in [0.3, 0.4) is 0 Å². The number of nitrogen functional groups attached to an aromatic ring is 1. The molecule has 1 heterocycles. The lowest BCUT2D eigenvalue weighted by Crippen LogP contribution is -2.21. The fourth-order valence-corrected chi connectivity index (χ4v) is 1.05. The number of carbonyl (C=O) groups excluding carboxylic acids is 1. The third-order valence-corrected chi connectivity index (χ3v) is 1.80. The fraction of sp³-hybridized carbons (Fsp3) is 0.200. The Morgan fingerprint density at radius 2 is 2.18 bits per heavy atom. The molecular formula is C10H10F3N3O. The molecule has 4 nitrogen and oxygen atoms in total. The van der Waals surface area contributed by atoms with Gasteiger partial charge >= 0.3 is 6.18 Å². The maximum Gasteiger partial charge on any atom is 0.454 e. The number of halogens is 3. The second-order valence-corrected chi connectivity index (χ2v) is 3.25. The van der Waals surface area contributed by atoms with Gasteiger partial charge < -0.3 is 11.1 Å². The molecule has 1 aromatic rings. The van der Waals surface area contributed by atoms with E-state index in [1.54, 1.807) is 6.07 Å². The highest BCUT2D eigenvalue weighted by atomic mass is 19.4. The number of alkyl halides is 3. The second-order valence-electron chi connectivity index (χ2n) is 3.25. The summed E-state index contributed by atoms with van der Waals surface area (Å²) in [6.07, 6.45) is -2.96. The number of pyridine rings is 1. The first-order valence-electron chi connectivity index (χ1n) is 4.57. The first-order chi connectivity index (χ1) is 7.80. The molecule has 0 atom stereocenters. The van der Waals surface area contributed by atoms with Crippen LogP contribution in [0, 0.1) is 0 Å². The molecule has 0 spiro atoms. The van der Waals surface area contributed by atoms with Gasteiger partial charge in [0, 0.05) is 18.0 Å². The van der Waals surface area contributed by atoms with Crippen LogP contribution in [0.1, 0.15) is 6.92 Å². The average molecular weight is 245 g/mol. The van der Waals surface area contributed by atoms with Crippen molar-refractivity contribution < 1.29 is 18.0 Å². The standard InChI is InChI=1S/C10H10F3N3O/c1-6(5-8(17)10(11,12)13)16-7-3-2-4-15-9(7)14/h2-5,16H,1H3,(H2,14,15)/b6-5+. The topological polar surface area (TPSA) is 68.0 Å². The van der Waals surface area contributed by atoms with E-state index in [4.69, 9.17) is 5.73 Å². The van der Waals surface area contributed by atoms with Crippen molar-refractivity contribution in [3.63, 3.8) is 0 Å². The predicted molar refractivity (Wildman–Crippen MR) is 57.1 cm³/mol. The highest BCUT2D eigenvalue weighted by Gasteiger charge is 2.36. The zero-order valence-corrected chi connectivity index (χ0v) is 8.88. The Bertz CT molecular complexity index is 454. The molecule has 17 heavy (non-hydrogen) atoms. The molecule has 1 rings (SSSR count). The number of nitrogens with two attached hydrogens (primary N) is 1. The number of nitrogens with one attached hydrogen (secondary N) is 1. The van der Waals surface area contributed by atoms with E-state index in [0.29, 0.717) is 11.8 Å². The van der Waals surface area contributed by atoms with Gasteiger partial charge in [-0.05, 0) is 19.1 Å². The first-order valence-corrected chi connectivity index (χ1v) is 4.57. The Kier molecular flexibility index (Phi) is 3.72. The van der Waals surface area contributed by atoms with Crippen LogP contribution in [0.15, 0.2) is 30.1 Å². The summed E-state index contributed by atoms with van der Waals surface area (Å²) in [6, 6.07) is 3.11. The molecule has 0 radical (unpaired) electrons. The molecule has 0 amide bonds. The summed E-state index contributed by atoms with van der Waals surface area (Å²) >= 11 is 0. The van der Waals surface area contributed by atoms with Gasteiger partial charge in [-0.2, -0.15) is 13.2 Å². The second kappa shape index (κ2) is 4.86. The fourth-order valence-electron chi connectivity index (χ4n) is 1.05. The van der Waals surface area contributed by atoms with Gasteiger partial charge in [-0.3, -0.25) is 4.79 Å². The van der Waals surface area contributed by atoms with Crippen molar-refractivity contribution in [2.45, 2.75) is 13.1 Å². The average Bonchev–Trinajstić information content (AvgIpc) is 2.20. The highest BCUT2D eigenvalue weighted by molar-refractivity contribution is 5.95. The molecule has 0 aliphatic carbocycles. The molecular weight excluding hydrogens is 235 g/mol. The number of nitrogens with zero attached hydrogens (tertiary/aromatic N) is 1. The summed E-state index contributed by atoms with van der Waals surface area (Å²) in [5.41, 5.74) is 5.86. The Labute approximate surface area is 95.3 Å². The Balaban J connectivity index is 2.80. The zero-order valence-electron chi connectivity index (χ0n) is 8.88. The van der Waals surface area contributed by atoms with E-state index in [-0.39, 0.29) is 11.5 Å². The number of hydrogen-bond donors (Lipinski definition) is 2. The van der Waals surface area contributed by atoms with Crippen LogP contribution < -0.4 is 11.1 Å². The van der Waals surface area contributed by atoms with Crippen LogP contribution in [0.2, 0.25) is 0 Å². The number of carbonyl (C=O) groups is 1. The summed E-state index contributed by atoms with van der Waals surface area (Å²) in [6.45, 7) is 1.33. The number of anilines is 2. The first kappa shape index (κ1) is 13.0. The van der Waals surface area contributed by atoms with E-state index in [2.05, 4.69) is 10.3 Å². The van der Waals surface area contributed by atoms with Gasteiger partial charge in [0.05, 0.1) is 5.69 Å². The van der Waals surface area contributed by atoms with E-state index in [1.807, 2.05) is 0 Å². The van der Waals surface area contributed by atoms with E-state index in [1.165, 1.54) is 19.2 Å². The minimum atomic E-state index is -4.87. The van der Waals surface area contributed by atoms with Gasteiger partial charge in [0.25, 0.3) is 5.78 Å². The van der Waals surface area contributed by atoms with Crippen molar-refractivity contribution in [1.82, 2.24) is 4.98 Å². The Morgan fingerprint density at radius 1 is 1.53 bits per heavy atom. The maximum absolute atomic E-state index is 12.0. The minimum Gasteiger partial charge on any atom is -0.382 e. The van der Waals surface area contributed by atoms with E-state index in [9.17, 15) is 18.0 Å². The van der Waals surface area contributed by atoms with Gasteiger partial charge in [0.15, 0.2) is 0 Å². The van der Waals surface area contributed by atoms with Gasteiger partial charge in [-0.15, -0.1) is 0 Å². The maximum atomic E-state index is 12.0. The summed E-state index contributed by atoms with van der Waals surface area (Å²) in [7, 11) is 0. The molecule has 0 bridgehead atoms. The summed E-state index contributed by atoms with van der Waals surface area (Å²) in [4.78, 5) is 14.4. The quantitative estimate of drug-likeness (QED) is 0.800. The van der Waals surface area contributed by atoms with Crippen LogP contribution in [0.5, 0.6) is 0 Å². The number of ketones is 1. The molecule has 0 aliphatic heterocycles. The Hall–Kier alpha value is -2.05. The number of hydrogen-bond acceptors (Lipinski definition) is 4. The lowest BCUT2D eigenvalue weighted by molar-refractivity contribution is -0.165. The molecule has 7 heteroatoms. The van der Waals surface area contributed by atoms with Crippen molar-refractivity contribution in [1.29, 1.82) is 0 Å². The monoisotopic (exact) mass is 245 g/mol. The van der Waals surface area contributed by atoms with Crippen molar-refractivity contribution in [3.05, 3.63) is 30.1 Å². The largest absolute Gasteiger partial charge is 0.454 e. The molecule has 3 N–H and O–H groups in total. The number of rotatable bonds is 3.